The van der Waals surface area contributed by atoms with Crippen LogP contribution in [0.15, 0.2) is 30.9 Å². The van der Waals surface area contributed by atoms with Crippen LogP contribution in [0.4, 0.5) is 5.69 Å². The maximum Gasteiger partial charge on any atom is 0.253 e. The lowest BCUT2D eigenvalue weighted by atomic mass is 10.1. The molecule has 0 unspecified atom stereocenters. The van der Waals surface area contributed by atoms with Gasteiger partial charge >= 0.3 is 0 Å². The van der Waals surface area contributed by atoms with E-state index >= 15 is 0 Å². The minimum absolute atomic E-state index is 0.233. The average molecular weight is 264 g/mol. The summed E-state index contributed by atoms with van der Waals surface area (Å²) >= 11 is 0. The second kappa shape index (κ2) is 8.16. The SMILES string of the molecule is C=CCCOCCNC(=O)c1cccc(OC)c1N. The molecule has 1 rings (SSSR count). The fourth-order valence-electron chi connectivity index (χ4n) is 1.52. The number of anilines is 1. The van der Waals surface area contributed by atoms with Gasteiger partial charge in [0.1, 0.15) is 5.75 Å². The molecule has 0 saturated heterocycles. The summed E-state index contributed by atoms with van der Waals surface area (Å²) in [6, 6.07) is 5.10. The third kappa shape index (κ3) is 4.63. The first-order valence-electron chi connectivity index (χ1n) is 6.10. The number of nitrogen functional groups attached to an aromatic ring is 1. The lowest BCUT2D eigenvalue weighted by Gasteiger charge is -2.10. The minimum atomic E-state index is -0.233. The molecule has 5 heteroatoms. The number of carbonyl (C=O) groups excluding carboxylic acids is 1. The van der Waals surface area contributed by atoms with E-state index < -0.39 is 0 Å². The number of benzene rings is 1. The van der Waals surface area contributed by atoms with E-state index in [1.807, 2.05) is 0 Å². The Bertz CT molecular complexity index is 433. The van der Waals surface area contributed by atoms with E-state index in [0.717, 1.165) is 6.42 Å². The lowest BCUT2D eigenvalue weighted by Crippen LogP contribution is -2.28. The maximum atomic E-state index is 11.9. The van der Waals surface area contributed by atoms with E-state index in [-0.39, 0.29) is 5.91 Å². The molecule has 0 aromatic heterocycles. The monoisotopic (exact) mass is 264 g/mol. The molecular weight excluding hydrogens is 244 g/mol. The number of hydrogen-bond acceptors (Lipinski definition) is 4. The van der Waals surface area contributed by atoms with Crippen LogP contribution < -0.4 is 15.8 Å². The highest BCUT2D eigenvalue weighted by molar-refractivity contribution is 6.00. The van der Waals surface area contributed by atoms with E-state index in [4.69, 9.17) is 15.2 Å². The van der Waals surface area contributed by atoms with Crippen molar-refractivity contribution in [1.29, 1.82) is 0 Å². The molecule has 1 aromatic carbocycles. The quantitative estimate of drug-likeness (QED) is 0.425. The summed E-state index contributed by atoms with van der Waals surface area (Å²) in [4.78, 5) is 11.9. The molecule has 5 nitrogen and oxygen atoms in total. The Labute approximate surface area is 113 Å². The lowest BCUT2D eigenvalue weighted by molar-refractivity contribution is 0.0918. The van der Waals surface area contributed by atoms with Crippen LogP contribution in [-0.2, 0) is 4.74 Å². The van der Waals surface area contributed by atoms with Crippen LogP contribution in [-0.4, -0.2) is 32.8 Å². The molecule has 0 radical (unpaired) electrons. The Kier molecular flexibility index (Phi) is 6.46. The van der Waals surface area contributed by atoms with Crippen molar-refractivity contribution in [2.45, 2.75) is 6.42 Å². The van der Waals surface area contributed by atoms with Gasteiger partial charge in [-0.05, 0) is 18.6 Å². The number of methoxy groups -OCH3 is 1. The fourth-order valence-corrected chi connectivity index (χ4v) is 1.52. The summed E-state index contributed by atoms with van der Waals surface area (Å²) < 4.78 is 10.4. The third-order valence-electron chi connectivity index (χ3n) is 2.53. The molecular formula is C14H20N2O3. The second-order valence-corrected chi connectivity index (χ2v) is 3.87. The Balaban J connectivity index is 2.43. The molecule has 0 aliphatic carbocycles. The van der Waals surface area contributed by atoms with Gasteiger partial charge in [-0.25, -0.2) is 0 Å². The van der Waals surface area contributed by atoms with Crippen molar-refractivity contribution in [3.8, 4) is 5.75 Å². The molecule has 1 amide bonds. The molecule has 19 heavy (non-hydrogen) atoms. The zero-order valence-corrected chi connectivity index (χ0v) is 11.1. The van der Waals surface area contributed by atoms with E-state index in [1.54, 1.807) is 24.3 Å². The third-order valence-corrected chi connectivity index (χ3v) is 2.53. The molecule has 0 bridgehead atoms. The summed E-state index contributed by atoms with van der Waals surface area (Å²) in [7, 11) is 1.51. The predicted octanol–water partition coefficient (Wildman–Crippen LogP) is 1.60. The standard InChI is InChI=1S/C14H20N2O3/c1-3-4-9-19-10-8-16-14(17)11-6-5-7-12(18-2)13(11)15/h3,5-7H,1,4,8-10,15H2,2H3,(H,16,17). The second-order valence-electron chi connectivity index (χ2n) is 3.87. The van der Waals surface area contributed by atoms with Crippen LogP contribution in [0.25, 0.3) is 0 Å². The van der Waals surface area contributed by atoms with Crippen molar-refractivity contribution in [2.75, 3.05) is 32.6 Å². The van der Waals surface area contributed by atoms with Crippen LogP contribution in [0.5, 0.6) is 5.75 Å². The molecule has 0 spiro atoms. The predicted molar refractivity (Wildman–Crippen MR) is 75.4 cm³/mol. The van der Waals surface area contributed by atoms with Crippen molar-refractivity contribution in [3.05, 3.63) is 36.4 Å². The highest BCUT2D eigenvalue weighted by Gasteiger charge is 2.12. The van der Waals surface area contributed by atoms with Crippen LogP contribution in [0.2, 0.25) is 0 Å². The van der Waals surface area contributed by atoms with E-state index in [0.29, 0.717) is 36.8 Å². The number of nitrogens with two attached hydrogens (primary N) is 1. The Hall–Kier alpha value is -2.01. The molecule has 0 fully saturated rings. The maximum absolute atomic E-state index is 11.9. The molecule has 0 atom stereocenters. The van der Waals surface area contributed by atoms with Gasteiger partial charge in [0, 0.05) is 6.54 Å². The van der Waals surface area contributed by atoms with Crippen molar-refractivity contribution in [1.82, 2.24) is 5.32 Å². The normalized spacial score (nSPS) is 9.95. The highest BCUT2D eigenvalue weighted by Crippen LogP contribution is 2.24. The molecule has 0 aliphatic heterocycles. The number of ether oxygens (including phenoxy) is 2. The number of carbonyl (C=O) groups is 1. The summed E-state index contributed by atoms with van der Waals surface area (Å²) in [5.74, 6) is 0.263. The van der Waals surface area contributed by atoms with E-state index in [9.17, 15) is 4.79 Å². The number of hydrogen-bond donors (Lipinski definition) is 2. The van der Waals surface area contributed by atoms with Crippen LogP contribution >= 0.6 is 0 Å². The first kappa shape index (κ1) is 15.0. The average Bonchev–Trinajstić information content (AvgIpc) is 2.42. The Morgan fingerprint density at radius 2 is 2.26 bits per heavy atom. The molecule has 104 valence electrons. The van der Waals surface area contributed by atoms with E-state index in [2.05, 4.69) is 11.9 Å². The molecule has 0 aliphatic rings. The number of nitrogens with one attached hydrogen (secondary N) is 1. The summed E-state index contributed by atoms with van der Waals surface area (Å²) in [6.45, 7) is 5.11. The molecule has 0 saturated carbocycles. The van der Waals surface area contributed by atoms with Crippen LogP contribution in [0.3, 0.4) is 0 Å². The molecule has 0 heterocycles. The smallest absolute Gasteiger partial charge is 0.253 e. The number of amides is 1. The summed E-state index contributed by atoms with van der Waals surface area (Å²) in [5.41, 5.74) is 6.59. The van der Waals surface area contributed by atoms with Gasteiger partial charge in [-0.1, -0.05) is 12.1 Å². The first-order chi connectivity index (χ1) is 9.20. The van der Waals surface area contributed by atoms with Gasteiger partial charge in [-0.2, -0.15) is 0 Å². The summed E-state index contributed by atoms with van der Waals surface area (Å²) in [5, 5.41) is 2.74. The molecule has 3 N–H and O–H groups in total. The van der Waals surface area contributed by atoms with Gasteiger partial charge in [0.15, 0.2) is 0 Å². The van der Waals surface area contributed by atoms with Crippen molar-refractivity contribution >= 4 is 11.6 Å². The summed E-state index contributed by atoms with van der Waals surface area (Å²) in [6.07, 6.45) is 2.59. The Morgan fingerprint density at radius 1 is 1.47 bits per heavy atom. The topological polar surface area (TPSA) is 73.6 Å². The van der Waals surface area contributed by atoms with Crippen LogP contribution in [0.1, 0.15) is 16.8 Å². The van der Waals surface area contributed by atoms with Gasteiger partial charge in [-0.15, -0.1) is 6.58 Å². The van der Waals surface area contributed by atoms with Gasteiger partial charge < -0.3 is 20.5 Å². The van der Waals surface area contributed by atoms with Gasteiger partial charge in [0.25, 0.3) is 5.91 Å². The van der Waals surface area contributed by atoms with Crippen LogP contribution in [0, 0.1) is 0 Å². The van der Waals surface area contributed by atoms with Crippen molar-refractivity contribution < 1.29 is 14.3 Å². The highest BCUT2D eigenvalue weighted by atomic mass is 16.5. The first-order valence-corrected chi connectivity index (χ1v) is 6.10. The van der Waals surface area contributed by atoms with Gasteiger partial charge in [0.05, 0.1) is 31.6 Å². The number of para-hydroxylation sites is 1. The molecule has 1 aromatic rings. The van der Waals surface area contributed by atoms with Gasteiger partial charge in [0.2, 0.25) is 0 Å². The fraction of sp³-hybridized carbons (Fsp3) is 0.357. The van der Waals surface area contributed by atoms with Crippen molar-refractivity contribution in [3.63, 3.8) is 0 Å². The zero-order valence-electron chi connectivity index (χ0n) is 11.1. The van der Waals surface area contributed by atoms with E-state index in [1.165, 1.54) is 7.11 Å². The number of rotatable bonds is 8. The zero-order chi connectivity index (χ0) is 14.1. The van der Waals surface area contributed by atoms with Gasteiger partial charge in [-0.3, -0.25) is 4.79 Å². The minimum Gasteiger partial charge on any atom is -0.495 e. The van der Waals surface area contributed by atoms with Crippen molar-refractivity contribution in [2.24, 2.45) is 0 Å². The largest absolute Gasteiger partial charge is 0.495 e. The Morgan fingerprint density at radius 3 is 2.95 bits per heavy atom.